The molecule has 0 unspecified atom stereocenters. The van der Waals surface area contributed by atoms with Crippen molar-refractivity contribution in [2.24, 2.45) is 5.10 Å². The summed E-state index contributed by atoms with van der Waals surface area (Å²) in [5.41, 5.74) is 5.17. The number of nitrogens with one attached hydrogen (secondary N) is 1. The highest BCUT2D eigenvalue weighted by Gasteiger charge is 2.17. The van der Waals surface area contributed by atoms with Gasteiger partial charge in [0.1, 0.15) is 5.75 Å². The first-order valence-corrected chi connectivity index (χ1v) is 10.7. The number of thioether (sulfide) groups is 1. The maximum absolute atomic E-state index is 12.3. The summed E-state index contributed by atoms with van der Waals surface area (Å²) in [6.07, 6.45) is 4.89. The number of methoxy groups -OCH3 is 1. The van der Waals surface area contributed by atoms with Crippen molar-refractivity contribution in [3.05, 3.63) is 84.7 Å². The Labute approximate surface area is 189 Å². The summed E-state index contributed by atoms with van der Waals surface area (Å²) in [4.78, 5) is 16.2. The molecule has 4 rings (SSSR count). The van der Waals surface area contributed by atoms with E-state index in [4.69, 9.17) is 4.74 Å². The first-order chi connectivity index (χ1) is 15.7. The number of rotatable bonds is 8. The van der Waals surface area contributed by atoms with Gasteiger partial charge in [0, 0.05) is 23.6 Å². The molecule has 8 nitrogen and oxygen atoms in total. The van der Waals surface area contributed by atoms with Gasteiger partial charge >= 0.3 is 0 Å². The molecule has 1 amide bonds. The van der Waals surface area contributed by atoms with Gasteiger partial charge in [0.15, 0.2) is 11.0 Å². The highest BCUT2D eigenvalue weighted by Crippen LogP contribution is 2.28. The van der Waals surface area contributed by atoms with Gasteiger partial charge in [-0.25, -0.2) is 5.43 Å². The Hall–Kier alpha value is -3.98. The molecule has 0 aliphatic rings. The minimum atomic E-state index is -0.245. The van der Waals surface area contributed by atoms with Crippen LogP contribution < -0.4 is 10.2 Å². The zero-order chi connectivity index (χ0) is 22.2. The number of hydrazone groups is 1. The van der Waals surface area contributed by atoms with Crippen LogP contribution in [0.3, 0.4) is 0 Å². The van der Waals surface area contributed by atoms with E-state index in [1.165, 1.54) is 11.8 Å². The SMILES string of the molecule is COc1ccc(-n2c(SCC(=O)N/N=C/c3ccncc3)nnc2-c2ccccc2)cc1. The third kappa shape index (κ3) is 5.19. The summed E-state index contributed by atoms with van der Waals surface area (Å²) >= 11 is 1.28. The molecule has 0 radical (unpaired) electrons. The van der Waals surface area contributed by atoms with Crippen LogP contribution in [0.2, 0.25) is 0 Å². The average molecular weight is 445 g/mol. The molecule has 2 heterocycles. The van der Waals surface area contributed by atoms with Crippen LogP contribution in [0.15, 0.2) is 89.4 Å². The number of carbonyl (C=O) groups is 1. The third-order valence-electron chi connectivity index (χ3n) is 4.44. The van der Waals surface area contributed by atoms with Gasteiger partial charge < -0.3 is 4.74 Å². The van der Waals surface area contributed by atoms with Crippen LogP contribution in [-0.2, 0) is 4.79 Å². The number of amides is 1. The second kappa shape index (κ2) is 10.4. The van der Waals surface area contributed by atoms with E-state index < -0.39 is 0 Å². The maximum Gasteiger partial charge on any atom is 0.250 e. The molecular weight excluding hydrogens is 424 g/mol. The molecule has 0 aliphatic carbocycles. The van der Waals surface area contributed by atoms with Crippen molar-refractivity contribution < 1.29 is 9.53 Å². The van der Waals surface area contributed by atoms with Crippen molar-refractivity contribution in [2.75, 3.05) is 12.9 Å². The van der Waals surface area contributed by atoms with Crippen LogP contribution in [0.4, 0.5) is 0 Å². The maximum atomic E-state index is 12.3. The van der Waals surface area contributed by atoms with Crippen molar-refractivity contribution in [1.29, 1.82) is 0 Å². The second-order valence-electron chi connectivity index (χ2n) is 6.57. The molecule has 32 heavy (non-hydrogen) atoms. The quantitative estimate of drug-likeness (QED) is 0.254. The molecule has 9 heteroatoms. The van der Waals surface area contributed by atoms with Crippen LogP contribution in [-0.4, -0.2) is 44.7 Å². The van der Waals surface area contributed by atoms with E-state index in [0.717, 1.165) is 22.6 Å². The lowest BCUT2D eigenvalue weighted by Gasteiger charge is -2.11. The number of nitrogens with zero attached hydrogens (tertiary/aromatic N) is 5. The Bertz CT molecular complexity index is 1190. The zero-order valence-corrected chi connectivity index (χ0v) is 18.1. The predicted molar refractivity (Wildman–Crippen MR) is 124 cm³/mol. The Balaban J connectivity index is 1.52. The van der Waals surface area contributed by atoms with E-state index in [9.17, 15) is 4.79 Å². The Morgan fingerprint density at radius 1 is 1.06 bits per heavy atom. The van der Waals surface area contributed by atoms with Crippen LogP contribution in [0.1, 0.15) is 5.56 Å². The van der Waals surface area contributed by atoms with E-state index in [1.54, 1.807) is 37.9 Å². The molecule has 160 valence electrons. The monoisotopic (exact) mass is 444 g/mol. The van der Waals surface area contributed by atoms with Gasteiger partial charge in [-0.05, 0) is 42.0 Å². The Morgan fingerprint density at radius 2 is 1.81 bits per heavy atom. The summed E-state index contributed by atoms with van der Waals surface area (Å²) in [5, 5.41) is 13.3. The number of benzene rings is 2. The standard InChI is InChI=1S/C23H20N6O2S/c1-31-20-9-7-19(8-10-20)29-22(18-5-3-2-4-6-18)27-28-23(29)32-16-21(30)26-25-15-17-11-13-24-14-12-17/h2-15H,16H2,1H3,(H,26,30)/b25-15+. The lowest BCUT2D eigenvalue weighted by molar-refractivity contribution is -0.118. The third-order valence-corrected chi connectivity index (χ3v) is 5.37. The number of pyridine rings is 1. The van der Waals surface area contributed by atoms with Crippen LogP contribution in [0, 0.1) is 0 Å². The molecule has 1 N–H and O–H groups in total. The van der Waals surface area contributed by atoms with Gasteiger partial charge in [0.2, 0.25) is 0 Å². The molecule has 0 aliphatic heterocycles. The number of carbonyl (C=O) groups excluding carboxylic acids is 1. The lowest BCUT2D eigenvalue weighted by atomic mass is 10.2. The minimum Gasteiger partial charge on any atom is -0.497 e. The lowest BCUT2D eigenvalue weighted by Crippen LogP contribution is -2.20. The van der Waals surface area contributed by atoms with Crippen LogP contribution in [0.25, 0.3) is 17.1 Å². The van der Waals surface area contributed by atoms with Crippen LogP contribution in [0.5, 0.6) is 5.75 Å². The summed E-state index contributed by atoms with van der Waals surface area (Å²) in [7, 11) is 1.63. The molecule has 4 aromatic rings. The largest absolute Gasteiger partial charge is 0.497 e. The van der Waals surface area contributed by atoms with E-state index in [2.05, 4.69) is 25.7 Å². The van der Waals surface area contributed by atoms with Gasteiger partial charge in [-0.3, -0.25) is 14.3 Å². The molecule has 0 saturated heterocycles. The topological polar surface area (TPSA) is 94.3 Å². The van der Waals surface area contributed by atoms with E-state index >= 15 is 0 Å². The smallest absolute Gasteiger partial charge is 0.250 e. The average Bonchev–Trinajstić information content (AvgIpc) is 3.28. The zero-order valence-electron chi connectivity index (χ0n) is 17.3. The van der Waals surface area contributed by atoms with Crippen molar-refractivity contribution in [1.82, 2.24) is 25.2 Å². The summed E-state index contributed by atoms with van der Waals surface area (Å²) in [6, 6.07) is 21.0. The van der Waals surface area contributed by atoms with Crippen molar-refractivity contribution in [3.63, 3.8) is 0 Å². The fourth-order valence-electron chi connectivity index (χ4n) is 2.89. The van der Waals surface area contributed by atoms with Crippen LogP contribution >= 0.6 is 11.8 Å². The molecule has 0 saturated carbocycles. The number of hydrogen-bond acceptors (Lipinski definition) is 7. The van der Waals surface area contributed by atoms with Crippen molar-refractivity contribution in [3.8, 4) is 22.8 Å². The van der Waals surface area contributed by atoms with Gasteiger partial charge in [-0.2, -0.15) is 5.10 Å². The van der Waals surface area contributed by atoms with Gasteiger partial charge in [0.05, 0.1) is 19.1 Å². The summed E-state index contributed by atoms with van der Waals surface area (Å²) in [6.45, 7) is 0. The second-order valence-corrected chi connectivity index (χ2v) is 7.51. The Morgan fingerprint density at radius 3 is 2.53 bits per heavy atom. The number of aromatic nitrogens is 4. The number of ether oxygens (including phenoxy) is 1. The molecule has 2 aromatic heterocycles. The van der Waals surface area contributed by atoms with Gasteiger partial charge in [-0.1, -0.05) is 42.1 Å². The van der Waals surface area contributed by atoms with Crippen molar-refractivity contribution >= 4 is 23.9 Å². The van der Waals surface area contributed by atoms with E-state index in [1.807, 2.05) is 59.2 Å². The first-order valence-electron chi connectivity index (χ1n) is 9.74. The summed E-state index contributed by atoms with van der Waals surface area (Å²) < 4.78 is 7.19. The molecule has 0 spiro atoms. The van der Waals surface area contributed by atoms with E-state index in [0.29, 0.717) is 11.0 Å². The van der Waals surface area contributed by atoms with Gasteiger partial charge in [-0.15, -0.1) is 10.2 Å². The summed E-state index contributed by atoms with van der Waals surface area (Å²) in [5.74, 6) is 1.33. The molecule has 2 aromatic carbocycles. The van der Waals surface area contributed by atoms with Crippen molar-refractivity contribution in [2.45, 2.75) is 5.16 Å². The fraction of sp³-hybridized carbons (Fsp3) is 0.0870. The Kier molecular flexibility index (Phi) is 6.88. The fourth-order valence-corrected chi connectivity index (χ4v) is 3.64. The normalized spacial score (nSPS) is 10.9. The van der Waals surface area contributed by atoms with Gasteiger partial charge in [0.25, 0.3) is 5.91 Å². The first kappa shape index (κ1) is 21.3. The van der Waals surface area contributed by atoms with E-state index in [-0.39, 0.29) is 11.7 Å². The highest BCUT2D eigenvalue weighted by molar-refractivity contribution is 7.99. The molecule has 0 fully saturated rings. The molecule has 0 atom stereocenters. The number of hydrogen-bond donors (Lipinski definition) is 1. The molecular formula is C23H20N6O2S. The molecule has 0 bridgehead atoms. The minimum absolute atomic E-state index is 0.136. The predicted octanol–water partition coefficient (Wildman–Crippen LogP) is 3.58. The highest BCUT2D eigenvalue weighted by atomic mass is 32.2.